The van der Waals surface area contributed by atoms with E-state index in [2.05, 4.69) is 48.6 Å². The summed E-state index contributed by atoms with van der Waals surface area (Å²) in [6, 6.07) is 16.8. The molecule has 0 aromatic heterocycles. The Hall–Kier alpha value is -2.44. The third kappa shape index (κ3) is 5.18. The molecule has 3 N–H and O–H groups in total. The molecule has 7 nitrogen and oxygen atoms in total. The number of benzene rings is 3. The van der Waals surface area contributed by atoms with Gasteiger partial charge in [0.05, 0.1) is 11.3 Å². The van der Waals surface area contributed by atoms with E-state index in [9.17, 15) is 23.1 Å². The molecule has 0 fully saturated rings. The monoisotopic (exact) mass is 600 g/mol. The number of hydrogen-bond donors (Lipinski definition) is 3. The number of para-hydroxylation sites is 1. The second kappa shape index (κ2) is 9.14. The van der Waals surface area contributed by atoms with E-state index in [-0.39, 0.29) is 26.2 Å². The van der Waals surface area contributed by atoms with Crippen molar-refractivity contribution in [2.24, 2.45) is 0 Å². The van der Waals surface area contributed by atoms with Crippen LogP contribution in [-0.4, -0.2) is 25.4 Å². The van der Waals surface area contributed by atoms with E-state index >= 15 is 0 Å². The number of carboxylic acid groups (broad SMARTS) is 1. The number of carboxylic acids is 1. The van der Waals surface area contributed by atoms with Crippen LogP contribution in [0.15, 0.2) is 76.1 Å². The number of carbonyl (C=O) groups is 2. The number of anilines is 2. The molecule has 0 spiro atoms. The van der Waals surface area contributed by atoms with E-state index in [1.165, 1.54) is 30.3 Å². The average molecular weight is 601 g/mol. The molecule has 0 atom stereocenters. The zero-order valence-corrected chi connectivity index (χ0v) is 19.7. The summed E-state index contributed by atoms with van der Waals surface area (Å²) >= 11 is 5.32. The van der Waals surface area contributed by atoms with Crippen molar-refractivity contribution in [2.45, 2.75) is 4.90 Å². The zero-order valence-electron chi connectivity index (χ0n) is 15.1. The fourth-order valence-electron chi connectivity index (χ4n) is 2.55. The molecule has 0 unspecified atom stereocenters. The smallest absolute Gasteiger partial charge is 0.337 e. The van der Waals surface area contributed by atoms with Crippen molar-refractivity contribution in [3.63, 3.8) is 0 Å². The van der Waals surface area contributed by atoms with E-state index < -0.39 is 21.9 Å². The number of halogens is 2. The Labute approximate surface area is 194 Å². The molecule has 30 heavy (non-hydrogen) atoms. The van der Waals surface area contributed by atoms with E-state index in [4.69, 9.17) is 0 Å². The Kier molecular flexibility index (Phi) is 6.78. The molecule has 10 heteroatoms. The van der Waals surface area contributed by atoms with Crippen molar-refractivity contribution in [2.75, 3.05) is 10.0 Å². The Morgan fingerprint density at radius 3 is 2.30 bits per heavy atom. The van der Waals surface area contributed by atoms with E-state index in [1.807, 2.05) is 0 Å². The van der Waals surface area contributed by atoms with Gasteiger partial charge >= 0.3 is 5.97 Å². The molecule has 0 aliphatic rings. The van der Waals surface area contributed by atoms with Gasteiger partial charge in [-0.3, -0.25) is 9.52 Å². The lowest BCUT2D eigenvalue weighted by atomic mass is 10.1. The highest BCUT2D eigenvalue weighted by molar-refractivity contribution is 14.1. The van der Waals surface area contributed by atoms with Crippen molar-refractivity contribution in [1.29, 1.82) is 0 Å². The van der Waals surface area contributed by atoms with Crippen molar-refractivity contribution in [3.8, 4) is 0 Å². The Morgan fingerprint density at radius 2 is 1.63 bits per heavy atom. The van der Waals surface area contributed by atoms with Crippen LogP contribution in [0.1, 0.15) is 20.7 Å². The van der Waals surface area contributed by atoms with Gasteiger partial charge in [-0.1, -0.05) is 12.1 Å². The van der Waals surface area contributed by atoms with Gasteiger partial charge in [-0.05, 0) is 93.1 Å². The summed E-state index contributed by atoms with van der Waals surface area (Å²) in [4.78, 5) is 23.8. The summed E-state index contributed by atoms with van der Waals surface area (Å²) in [6.45, 7) is 0. The number of carbonyl (C=O) groups excluding carboxylic acids is 1. The molecule has 154 valence electrons. The van der Waals surface area contributed by atoms with Gasteiger partial charge in [0.25, 0.3) is 15.9 Å². The molecule has 0 saturated heterocycles. The van der Waals surface area contributed by atoms with Gasteiger partial charge in [-0.2, -0.15) is 0 Å². The van der Waals surface area contributed by atoms with E-state index in [0.717, 1.165) is 3.57 Å². The third-order valence-electron chi connectivity index (χ3n) is 3.99. The van der Waals surface area contributed by atoms with E-state index in [1.54, 1.807) is 36.4 Å². The lowest BCUT2D eigenvalue weighted by molar-refractivity contribution is 0.0698. The first-order valence-corrected chi connectivity index (χ1v) is 11.7. The zero-order chi connectivity index (χ0) is 21.9. The molecule has 0 saturated carbocycles. The van der Waals surface area contributed by atoms with Crippen LogP contribution in [0.2, 0.25) is 0 Å². The molecular weight excluding hydrogens is 587 g/mol. The summed E-state index contributed by atoms with van der Waals surface area (Å²) in [5.74, 6) is -1.83. The number of nitrogens with one attached hydrogen (secondary N) is 2. The molecule has 0 aliphatic carbocycles. The van der Waals surface area contributed by atoms with Crippen LogP contribution >= 0.6 is 38.5 Å². The molecule has 3 aromatic rings. The summed E-state index contributed by atoms with van der Waals surface area (Å²) in [5, 5.41) is 11.8. The molecule has 0 heterocycles. The summed E-state index contributed by atoms with van der Waals surface area (Å²) < 4.78 is 29.4. The first-order chi connectivity index (χ1) is 14.2. The third-order valence-corrected chi connectivity index (χ3v) is 7.08. The molecule has 1 amide bonds. The first-order valence-electron chi connectivity index (χ1n) is 8.39. The second-order valence-electron chi connectivity index (χ2n) is 6.06. The minimum absolute atomic E-state index is 0.0568. The van der Waals surface area contributed by atoms with Crippen molar-refractivity contribution < 1.29 is 23.1 Å². The maximum absolute atomic E-state index is 12.8. The molecule has 0 radical (unpaired) electrons. The quantitative estimate of drug-likeness (QED) is 0.352. The number of sulfonamides is 1. The average Bonchev–Trinajstić information content (AvgIpc) is 2.70. The Balaban J connectivity index is 1.90. The van der Waals surface area contributed by atoms with Gasteiger partial charge in [0.2, 0.25) is 0 Å². The number of aromatic carboxylic acids is 1. The summed E-state index contributed by atoms with van der Waals surface area (Å²) in [6.07, 6.45) is 0. The number of rotatable bonds is 6. The summed E-state index contributed by atoms with van der Waals surface area (Å²) in [5.41, 5.74) is 0.476. The predicted molar refractivity (Wildman–Crippen MR) is 125 cm³/mol. The van der Waals surface area contributed by atoms with Crippen LogP contribution < -0.4 is 10.0 Å². The predicted octanol–water partition coefficient (Wildman–Crippen LogP) is 4.81. The van der Waals surface area contributed by atoms with Crippen LogP contribution in [0.25, 0.3) is 0 Å². The first kappa shape index (κ1) is 22.2. The number of amides is 1. The topological polar surface area (TPSA) is 113 Å². The Bertz CT molecular complexity index is 1230. The maximum atomic E-state index is 12.8. The number of hydrogen-bond acceptors (Lipinski definition) is 4. The maximum Gasteiger partial charge on any atom is 0.337 e. The molecular formula is C20H14BrIN2O5S. The van der Waals surface area contributed by atoms with Gasteiger partial charge in [-0.25, -0.2) is 13.2 Å². The van der Waals surface area contributed by atoms with Crippen molar-refractivity contribution in [1.82, 2.24) is 0 Å². The largest absolute Gasteiger partial charge is 0.478 e. The van der Waals surface area contributed by atoms with Gasteiger partial charge in [0, 0.05) is 19.3 Å². The molecule has 3 rings (SSSR count). The highest BCUT2D eigenvalue weighted by atomic mass is 127. The molecule has 0 aliphatic heterocycles. The minimum atomic E-state index is -3.98. The summed E-state index contributed by atoms with van der Waals surface area (Å²) in [7, 11) is -3.98. The van der Waals surface area contributed by atoms with Crippen LogP contribution in [0.3, 0.4) is 0 Å². The SMILES string of the molecule is O=C(Nc1ccccc1C(=O)O)c1ccc(Br)c(S(=O)(=O)Nc2ccc(I)cc2)c1. The van der Waals surface area contributed by atoms with Crippen LogP contribution in [0.4, 0.5) is 11.4 Å². The Morgan fingerprint density at radius 1 is 0.967 bits per heavy atom. The van der Waals surface area contributed by atoms with Gasteiger partial charge in [-0.15, -0.1) is 0 Å². The molecule has 0 bridgehead atoms. The van der Waals surface area contributed by atoms with Crippen LogP contribution in [-0.2, 0) is 10.0 Å². The van der Waals surface area contributed by atoms with Crippen molar-refractivity contribution >= 4 is 71.8 Å². The van der Waals surface area contributed by atoms with Crippen molar-refractivity contribution in [3.05, 3.63) is 85.9 Å². The van der Waals surface area contributed by atoms with Crippen LogP contribution in [0, 0.1) is 3.57 Å². The van der Waals surface area contributed by atoms with Gasteiger partial charge in [0.1, 0.15) is 4.90 Å². The lowest BCUT2D eigenvalue weighted by Gasteiger charge is -2.12. The lowest BCUT2D eigenvalue weighted by Crippen LogP contribution is -2.17. The highest BCUT2D eigenvalue weighted by Crippen LogP contribution is 2.26. The normalized spacial score (nSPS) is 11.0. The highest BCUT2D eigenvalue weighted by Gasteiger charge is 2.21. The minimum Gasteiger partial charge on any atom is -0.478 e. The fourth-order valence-corrected chi connectivity index (χ4v) is 4.96. The molecule has 3 aromatic carbocycles. The fraction of sp³-hybridized carbons (Fsp3) is 0. The van der Waals surface area contributed by atoms with E-state index in [0.29, 0.717) is 5.69 Å². The van der Waals surface area contributed by atoms with Gasteiger partial charge in [0.15, 0.2) is 0 Å². The standard InChI is InChI=1S/C20H14BrIN2O5S/c21-16-10-5-12(19(25)23-17-4-2-1-3-15(17)20(26)27)11-18(16)30(28,29)24-14-8-6-13(22)7-9-14/h1-11,24H,(H,23,25)(H,26,27). The second-order valence-corrected chi connectivity index (χ2v) is 9.81. The van der Waals surface area contributed by atoms with Crippen LogP contribution in [0.5, 0.6) is 0 Å². The van der Waals surface area contributed by atoms with Gasteiger partial charge < -0.3 is 10.4 Å².